The number of ether oxygens (including phenoxy) is 1. The summed E-state index contributed by atoms with van der Waals surface area (Å²) >= 11 is 0. The molecule has 0 radical (unpaired) electrons. The summed E-state index contributed by atoms with van der Waals surface area (Å²) in [5, 5.41) is 20.4. The van der Waals surface area contributed by atoms with Crippen molar-refractivity contribution in [3.05, 3.63) is 59.7 Å². The summed E-state index contributed by atoms with van der Waals surface area (Å²) in [6, 6.07) is 10.2. The summed E-state index contributed by atoms with van der Waals surface area (Å²) in [5.41, 5.74) is 2.18. The highest BCUT2D eigenvalue weighted by Crippen LogP contribution is 2.43. The molecule has 0 aliphatic carbocycles. The minimum Gasteiger partial charge on any atom is -0.508 e. The molecule has 2 N–H and O–H groups in total. The SMILES string of the molecule is C=C(C(=O)Oc1c(O)cc(O)cc1C(C)(C)CCCCCC)c1ccc(C)cc1. The van der Waals surface area contributed by atoms with Crippen LogP contribution in [0, 0.1) is 6.92 Å². The third kappa shape index (κ3) is 5.86. The number of hydrogen-bond acceptors (Lipinski definition) is 4. The summed E-state index contributed by atoms with van der Waals surface area (Å²) in [5.74, 6) is -0.859. The number of phenolic OH excluding ortho intramolecular Hbond substituents is 2. The first-order chi connectivity index (χ1) is 13.7. The standard InChI is InChI=1S/C25H32O4/c1-6-7-8-9-14-25(4,5)21-15-20(26)16-22(27)23(21)29-24(28)18(3)19-12-10-17(2)11-13-19/h10-13,15-16,26-27H,3,6-9,14H2,1-2,4-5H3. The Bertz CT molecular complexity index is 863. The molecule has 2 aromatic rings. The van der Waals surface area contributed by atoms with Gasteiger partial charge in [-0.15, -0.1) is 0 Å². The van der Waals surface area contributed by atoms with Crippen LogP contribution in [-0.4, -0.2) is 16.2 Å². The number of hydrogen-bond donors (Lipinski definition) is 2. The molecule has 0 saturated carbocycles. The van der Waals surface area contributed by atoms with Crippen LogP contribution in [0.15, 0.2) is 43.0 Å². The number of carbonyl (C=O) groups excluding carboxylic acids is 1. The predicted molar refractivity (Wildman–Crippen MR) is 117 cm³/mol. The van der Waals surface area contributed by atoms with Gasteiger partial charge in [-0.3, -0.25) is 0 Å². The average molecular weight is 397 g/mol. The topological polar surface area (TPSA) is 66.8 Å². The molecule has 156 valence electrons. The van der Waals surface area contributed by atoms with Crippen molar-refractivity contribution in [2.45, 2.75) is 65.2 Å². The molecule has 2 rings (SSSR count). The molecule has 4 nitrogen and oxygen atoms in total. The fourth-order valence-electron chi connectivity index (χ4n) is 3.36. The Balaban J connectivity index is 2.28. The van der Waals surface area contributed by atoms with Gasteiger partial charge in [0.15, 0.2) is 11.5 Å². The Hall–Kier alpha value is -2.75. The van der Waals surface area contributed by atoms with Gasteiger partial charge in [0.05, 0.1) is 5.57 Å². The molecule has 0 bridgehead atoms. The van der Waals surface area contributed by atoms with Crippen LogP contribution >= 0.6 is 0 Å². The van der Waals surface area contributed by atoms with E-state index in [0.717, 1.165) is 31.2 Å². The van der Waals surface area contributed by atoms with E-state index in [1.807, 2.05) is 45.0 Å². The number of carbonyl (C=O) groups is 1. The van der Waals surface area contributed by atoms with E-state index in [4.69, 9.17) is 4.74 Å². The van der Waals surface area contributed by atoms with Gasteiger partial charge in [0.1, 0.15) is 5.75 Å². The highest BCUT2D eigenvalue weighted by Gasteiger charge is 2.29. The second-order valence-electron chi connectivity index (χ2n) is 8.27. The lowest BCUT2D eigenvalue weighted by atomic mass is 9.79. The minimum absolute atomic E-state index is 0.0590. The zero-order valence-corrected chi connectivity index (χ0v) is 17.9. The fourth-order valence-corrected chi connectivity index (χ4v) is 3.36. The molecule has 29 heavy (non-hydrogen) atoms. The molecular weight excluding hydrogens is 364 g/mol. The normalized spacial score (nSPS) is 11.3. The van der Waals surface area contributed by atoms with E-state index < -0.39 is 5.97 Å². The monoisotopic (exact) mass is 396 g/mol. The molecule has 0 aromatic heterocycles. The zero-order valence-electron chi connectivity index (χ0n) is 17.9. The molecular formula is C25H32O4. The van der Waals surface area contributed by atoms with E-state index in [9.17, 15) is 15.0 Å². The lowest BCUT2D eigenvalue weighted by molar-refractivity contribution is -0.128. The second kappa shape index (κ2) is 9.64. The molecule has 0 fully saturated rings. The van der Waals surface area contributed by atoms with Gasteiger partial charge >= 0.3 is 5.97 Å². The smallest absolute Gasteiger partial charge is 0.343 e. The first-order valence-electron chi connectivity index (χ1n) is 10.2. The number of aryl methyl sites for hydroxylation is 1. The number of phenols is 2. The van der Waals surface area contributed by atoms with E-state index in [1.165, 1.54) is 12.5 Å². The van der Waals surface area contributed by atoms with Crippen molar-refractivity contribution in [2.75, 3.05) is 0 Å². The molecule has 0 saturated heterocycles. The summed E-state index contributed by atoms with van der Waals surface area (Å²) in [4.78, 5) is 12.7. The maximum Gasteiger partial charge on any atom is 0.343 e. The van der Waals surface area contributed by atoms with Crippen LogP contribution in [0.1, 0.15) is 69.6 Å². The first kappa shape index (κ1) is 22.5. The van der Waals surface area contributed by atoms with E-state index >= 15 is 0 Å². The van der Waals surface area contributed by atoms with Crippen LogP contribution in [0.3, 0.4) is 0 Å². The van der Waals surface area contributed by atoms with Crippen molar-refractivity contribution in [2.24, 2.45) is 0 Å². The molecule has 0 amide bonds. The number of rotatable bonds is 9. The molecule has 0 spiro atoms. The van der Waals surface area contributed by atoms with Crippen LogP contribution in [-0.2, 0) is 10.2 Å². The highest BCUT2D eigenvalue weighted by atomic mass is 16.5. The minimum atomic E-state index is -0.627. The van der Waals surface area contributed by atoms with Crippen molar-refractivity contribution in [3.8, 4) is 17.2 Å². The van der Waals surface area contributed by atoms with Crippen LogP contribution in [0.4, 0.5) is 0 Å². The molecule has 0 aliphatic rings. The van der Waals surface area contributed by atoms with Crippen molar-refractivity contribution in [1.29, 1.82) is 0 Å². The van der Waals surface area contributed by atoms with Crippen LogP contribution in [0.25, 0.3) is 5.57 Å². The zero-order chi connectivity index (χ0) is 21.6. The maximum absolute atomic E-state index is 12.7. The number of aromatic hydroxyl groups is 2. The molecule has 2 aromatic carbocycles. The maximum atomic E-state index is 12.7. The Labute approximate surface area is 173 Å². The summed E-state index contributed by atoms with van der Waals surface area (Å²) in [7, 11) is 0. The number of esters is 1. The Morgan fingerprint density at radius 3 is 2.34 bits per heavy atom. The van der Waals surface area contributed by atoms with Gasteiger partial charge in [0.25, 0.3) is 0 Å². The molecule has 4 heteroatoms. The lowest BCUT2D eigenvalue weighted by Gasteiger charge is -2.28. The third-order valence-electron chi connectivity index (χ3n) is 5.28. The summed E-state index contributed by atoms with van der Waals surface area (Å²) in [6.07, 6.45) is 5.29. The van der Waals surface area contributed by atoms with E-state index in [-0.39, 0.29) is 28.2 Å². The van der Waals surface area contributed by atoms with Crippen molar-refractivity contribution < 1.29 is 19.7 Å². The molecule has 0 unspecified atom stereocenters. The van der Waals surface area contributed by atoms with Crippen LogP contribution < -0.4 is 4.74 Å². The lowest BCUT2D eigenvalue weighted by Crippen LogP contribution is -2.20. The predicted octanol–water partition coefficient (Wildman–Crippen LogP) is 6.27. The van der Waals surface area contributed by atoms with Crippen LogP contribution in [0.2, 0.25) is 0 Å². The first-order valence-corrected chi connectivity index (χ1v) is 10.2. The average Bonchev–Trinajstić information content (AvgIpc) is 2.67. The Morgan fingerprint density at radius 2 is 1.72 bits per heavy atom. The third-order valence-corrected chi connectivity index (χ3v) is 5.28. The quantitative estimate of drug-likeness (QED) is 0.227. The van der Waals surface area contributed by atoms with Gasteiger partial charge in [-0.05, 0) is 30.4 Å². The van der Waals surface area contributed by atoms with Crippen molar-refractivity contribution in [1.82, 2.24) is 0 Å². The molecule has 0 atom stereocenters. The highest BCUT2D eigenvalue weighted by molar-refractivity contribution is 6.16. The van der Waals surface area contributed by atoms with Gasteiger partial charge < -0.3 is 14.9 Å². The summed E-state index contributed by atoms with van der Waals surface area (Å²) in [6.45, 7) is 12.0. The van der Waals surface area contributed by atoms with Crippen molar-refractivity contribution in [3.63, 3.8) is 0 Å². The fraction of sp³-hybridized carbons (Fsp3) is 0.400. The molecule has 0 heterocycles. The Kier molecular flexibility index (Phi) is 7.49. The van der Waals surface area contributed by atoms with Crippen LogP contribution in [0.5, 0.6) is 17.2 Å². The largest absolute Gasteiger partial charge is 0.508 e. The van der Waals surface area contributed by atoms with E-state index in [2.05, 4.69) is 13.5 Å². The van der Waals surface area contributed by atoms with E-state index in [0.29, 0.717) is 11.1 Å². The van der Waals surface area contributed by atoms with Gasteiger partial charge in [-0.1, -0.05) is 82.9 Å². The number of unbranched alkanes of at least 4 members (excludes halogenated alkanes) is 3. The Morgan fingerprint density at radius 1 is 1.07 bits per heavy atom. The number of benzene rings is 2. The van der Waals surface area contributed by atoms with Gasteiger partial charge in [-0.25, -0.2) is 4.79 Å². The van der Waals surface area contributed by atoms with Gasteiger partial charge in [-0.2, -0.15) is 0 Å². The van der Waals surface area contributed by atoms with Crippen molar-refractivity contribution >= 4 is 11.5 Å². The second-order valence-corrected chi connectivity index (χ2v) is 8.27. The summed E-state index contributed by atoms with van der Waals surface area (Å²) < 4.78 is 5.59. The van der Waals surface area contributed by atoms with Gasteiger partial charge in [0.2, 0.25) is 0 Å². The molecule has 0 aliphatic heterocycles. The van der Waals surface area contributed by atoms with Gasteiger partial charge in [0, 0.05) is 11.6 Å². The van der Waals surface area contributed by atoms with E-state index in [1.54, 1.807) is 6.07 Å².